The first-order valence-corrected chi connectivity index (χ1v) is 11.0. The molecule has 0 aliphatic carbocycles. The smallest absolute Gasteiger partial charge is 0.264 e. The topological polar surface area (TPSA) is 91.4 Å². The molecule has 0 saturated carbocycles. The molecule has 3 amide bonds. The van der Waals surface area contributed by atoms with Gasteiger partial charge < -0.3 is 15.5 Å². The van der Waals surface area contributed by atoms with E-state index >= 15 is 0 Å². The van der Waals surface area contributed by atoms with Crippen LogP contribution >= 0.6 is 22.7 Å². The highest BCUT2D eigenvalue weighted by Gasteiger charge is 2.17. The molecule has 0 aliphatic rings. The molecular weight excluding hydrogens is 420 g/mol. The number of nitrogens with zero attached hydrogens (tertiary/aromatic N) is 2. The molecule has 0 spiro atoms. The second kappa shape index (κ2) is 9.64. The second-order valence-electron chi connectivity index (χ2n) is 6.77. The van der Waals surface area contributed by atoms with Gasteiger partial charge in [0.15, 0.2) is 5.13 Å². The maximum absolute atomic E-state index is 12.3. The van der Waals surface area contributed by atoms with Crippen molar-refractivity contribution in [2.45, 2.75) is 19.9 Å². The molecule has 0 radical (unpaired) electrons. The molecule has 2 heterocycles. The predicted octanol–water partition coefficient (Wildman–Crippen LogP) is 3.78. The molecular formula is C21H22N4O3S2. The zero-order valence-electron chi connectivity index (χ0n) is 16.8. The molecule has 9 heteroatoms. The van der Waals surface area contributed by atoms with Crippen LogP contribution in [0.15, 0.2) is 47.2 Å². The standard InChI is InChI=1S/C21H22N4O3S2/c1-13(22-14(2)26)15-6-8-16(9-7-15)17-12-30-21(23-17)24-19(27)11-25(3)20(28)18-5-4-10-29-18/h4-10,12-13H,11H2,1-3H3,(H,22,26)(H,23,24,27). The van der Waals surface area contributed by atoms with Crippen molar-refractivity contribution in [1.29, 1.82) is 0 Å². The monoisotopic (exact) mass is 442 g/mol. The van der Waals surface area contributed by atoms with E-state index in [9.17, 15) is 14.4 Å². The van der Waals surface area contributed by atoms with Crippen LogP contribution in [0.5, 0.6) is 0 Å². The van der Waals surface area contributed by atoms with Crippen LogP contribution in [0.4, 0.5) is 5.13 Å². The minimum absolute atomic E-state index is 0.0542. The van der Waals surface area contributed by atoms with Gasteiger partial charge in [-0.25, -0.2) is 4.98 Å². The summed E-state index contributed by atoms with van der Waals surface area (Å²) in [6, 6.07) is 11.2. The Morgan fingerprint density at radius 3 is 2.50 bits per heavy atom. The van der Waals surface area contributed by atoms with Crippen molar-refractivity contribution in [2.75, 3.05) is 18.9 Å². The van der Waals surface area contributed by atoms with Gasteiger partial charge in [-0.15, -0.1) is 22.7 Å². The lowest BCUT2D eigenvalue weighted by Gasteiger charge is -2.15. The molecule has 156 valence electrons. The van der Waals surface area contributed by atoms with E-state index in [1.165, 1.54) is 34.5 Å². The Morgan fingerprint density at radius 1 is 1.13 bits per heavy atom. The molecule has 0 bridgehead atoms. The summed E-state index contributed by atoms with van der Waals surface area (Å²) in [5, 5.41) is 9.76. The molecule has 1 unspecified atom stereocenters. The third-order valence-electron chi connectivity index (χ3n) is 4.34. The van der Waals surface area contributed by atoms with Crippen LogP contribution in [0.25, 0.3) is 11.3 Å². The van der Waals surface area contributed by atoms with E-state index in [0.717, 1.165) is 16.8 Å². The van der Waals surface area contributed by atoms with Crippen LogP contribution < -0.4 is 10.6 Å². The van der Waals surface area contributed by atoms with Crippen molar-refractivity contribution in [3.05, 3.63) is 57.6 Å². The van der Waals surface area contributed by atoms with Crippen molar-refractivity contribution >= 4 is 45.5 Å². The molecule has 0 aliphatic heterocycles. The fourth-order valence-corrected chi connectivity index (χ4v) is 4.28. The lowest BCUT2D eigenvalue weighted by molar-refractivity contribution is -0.119. The van der Waals surface area contributed by atoms with Crippen LogP contribution in [0, 0.1) is 0 Å². The summed E-state index contributed by atoms with van der Waals surface area (Å²) < 4.78 is 0. The quantitative estimate of drug-likeness (QED) is 0.583. The molecule has 1 aromatic carbocycles. The molecule has 3 rings (SSSR count). The van der Waals surface area contributed by atoms with Gasteiger partial charge in [-0.1, -0.05) is 30.3 Å². The van der Waals surface area contributed by atoms with Crippen molar-refractivity contribution in [2.24, 2.45) is 0 Å². The van der Waals surface area contributed by atoms with Crippen molar-refractivity contribution in [1.82, 2.24) is 15.2 Å². The minimum atomic E-state index is -0.303. The number of carbonyl (C=O) groups is 3. The van der Waals surface area contributed by atoms with Gasteiger partial charge in [0.2, 0.25) is 11.8 Å². The first-order chi connectivity index (χ1) is 14.3. The zero-order chi connectivity index (χ0) is 21.7. The summed E-state index contributed by atoms with van der Waals surface area (Å²) in [6.07, 6.45) is 0. The number of rotatable bonds is 7. The van der Waals surface area contributed by atoms with Crippen molar-refractivity contribution in [3.8, 4) is 11.3 Å². The van der Waals surface area contributed by atoms with Gasteiger partial charge >= 0.3 is 0 Å². The number of thiophene rings is 1. The highest BCUT2D eigenvalue weighted by atomic mass is 32.1. The Hall–Kier alpha value is -3.04. The lowest BCUT2D eigenvalue weighted by atomic mass is 10.1. The molecule has 0 saturated heterocycles. The molecule has 1 atom stereocenters. The van der Waals surface area contributed by atoms with E-state index in [4.69, 9.17) is 0 Å². The van der Waals surface area contributed by atoms with Crippen LogP contribution in [-0.4, -0.2) is 41.2 Å². The predicted molar refractivity (Wildman–Crippen MR) is 120 cm³/mol. The highest BCUT2D eigenvalue weighted by Crippen LogP contribution is 2.26. The number of hydrogen-bond acceptors (Lipinski definition) is 6. The van der Waals surface area contributed by atoms with Gasteiger partial charge in [0.05, 0.1) is 23.2 Å². The number of anilines is 1. The molecule has 2 aromatic heterocycles. The minimum Gasteiger partial charge on any atom is -0.350 e. The van der Waals surface area contributed by atoms with Gasteiger partial charge in [-0.3, -0.25) is 14.4 Å². The van der Waals surface area contributed by atoms with Crippen LogP contribution in [0.1, 0.15) is 35.1 Å². The summed E-state index contributed by atoms with van der Waals surface area (Å²) in [6.45, 7) is 3.36. The number of nitrogens with one attached hydrogen (secondary N) is 2. The summed E-state index contributed by atoms with van der Waals surface area (Å²) in [7, 11) is 1.60. The first-order valence-electron chi connectivity index (χ1n) is 9.25. The molecule has 30 heavy (non-hydrogen) atoms. The molecule has 3 aromatic rings. The summed E-state index contributed by atoms with van der Waals surface area (Å²) in [5.74, 6) is -0.564. The normalized spacial score (nSPS) is 11.6. The van der Waals surface area contributed by atoms with E-state index in [0.29, 0.717) is 10.0 Å². The van der Waals surface area contributed by atoms with E-state index in [2.05, 4.69) is 15.6 Å². The van der Waals surface area contributed by atoms with Crippen LogP contribution in [0.2, 0.25) is 0 Å². The van der Waals surface area contributed by atoms with Crippen LogP contribution in [0.3, 0.4) is 0 Å². The Morgan fingerprint density at radius 2 is 1.87 bits per heavy atom. The Balaban J connectivity index is 1.58. The molecule has 0 fully saturated rings. The fourth-order valence-electron chi connectivity index (χ4n) is 2.83. The maximum atomic E-state index is 12.3. The summed E-state index contributed by atoms with van der Waals surface area (Å²) >= 11 is 2.67. The number of amides is 3. The van der Waals surface area contributed by atoms with Crippen molar-refractivity contribution in [3.63, 3.8) is 0 Å². The lowest BCUT2D eigenvalue weighted by Crippen LogP contribution is -2.34. The number of likely N-dealkylation sites (N-methyl/N-ethyl adjacent to an activating group) is 1. The van der Waals surface area contributed by atoms with E-state index in [1.54, 1.807) is 19.2 Å². The average Bonchev–Trinajstić information content (AvgIpc) is 3.39. The van der Waals surface area contributed by atoms with Gasteiger partial charge in [-0.05, 0) is 23.9 Å². The second-order valence-corrected chi connectivity index (χ2v) is 8.57. The number of carbonyl (C=O) groups excluding carboxylic acids is 3. The SMILES string of the molecule is CC(=O)NC(C)c1ccc(-c2csc(NC(=O)CN(C)C(=O)c3cccs3)n2)cc1. The van der Waals surface area contributed by atoms with Gasteiger partial charge in [0.1, 0.15) is 0 Å². The highest BCUT2D eigenvalue weighted by molar-refractivity contribution is 7.14. The van der Waals surface area contributed by atoms with E-state index < -0.39 is 0 Å². The van der Waals surface area contributed by atoms with E-state index in [1.807, 2.05) is 41.9 Å². The largest absolute Gasteiger partial charge is 0.350 e. The van der Waals surface area contributed by atoms with E-state index in [-0.39, 0.29) is 30.3 Å². The number of thiazole rings is 1. The Labute approximate surface area is 182 Å². The third kappa shape index (κ3) is 5.52. The first kappa shape index (κ1) is 21.7. The van der Waals surface area contributed by atoms with Gasteiger partial charge in [0, 0.05) is 24.9 Å². The Bertz CT molecular complexity index is 1030. The van der Waals surface area contributed by atoms with Gasteiger partial charge in [-0.2, -0.15) is 0 Å². The zero-order valence-corrected chi connectivity index (χ0v) is 18.5. The summed E-state index contributed by atoms with van der Waals surface area (Å²) in [4.78, 5) is 42.1. The van der Waals surface area contributed by atoms with Crippen LogP contribution in [-0.2, 0) is 9.59 Å². The molecule has 2 N–H and O–H groups in total. The molecule has 7 nitrogen and oxygen atoms in total. The third-order valence-corrected chi connectivity index (χ3v) is 5.95. The van der Waals surface area contributed by atoms with Crippen molar-refractivity contribution < 1.29 is 14.4 Å². The number of benzene rings is 1. The average molecular weight is 443 g/mol. The number of hydrogen-bond donors (Lipinski definition) is 2. The number of aromatic nitrogens is 1. The Kier molecular flexibility index (Phi) is 6.96. The maximum Gasteiger partial charge on any atom is 0.264 e. The fraction of sp³-hybridized carbons (Fsp3) is 0.238. The van der Waals surface area contributed by atoms with Gasteiger partial charge in [0.25, 0.3) is 5.91 Å². The summed E-state index contributed by atoms with van der Waals surface area (Å²) in [5.41, 5.74) is 2.66.